The summed E-state index contributed by atoms with van der Waals surface area (Å²) >= 11 is 0. The summed E-state index contributed by atoms with van der Waals surface area (Å²) in [5, 5.41) is 9.16. The zero-order valence-corrected chi connectivity index (χ0v) is 8.83. The fourth-order valence-corrected chi connectivity index (χ4v) is 2.38. The van der Waals surface area contributed by atoms with E-state index in [1.165, 1.54) is 0 Å². The Bertz CT molecular complexity index is 285. The van der Waals surface area contributed by atoms with E-state index in [0.29, 0.717) is 12.8 Å². The highest BCUT2D eigenvalue weighted by Gasteiger charge is 2.57. The number of primary amides is 1. The molecule has 1 aliphatic rings. The molecule has 1 saturated carbocycles. The van der Waals surface area contributed by atoms with Crippen LogP contribution >= 0.6 is 0 Å². The largest absolute Gasteiger partial charge is 0.481 e. The average molecular weight is 199 g/mol. The first-order valence-corrected chi connectivity index (χ1v) is 4.76. The van der Waals surface area contributed by atoms with Crippen molar-refractivity contribution in [1.82, 2.24) is 0 Å². The molecule has 2 atom stereocenters. The smallest absolute Gasteiger partial charge is 0.309 e. The Morgan fingerprint density at radius 2 is 1.86 bits per heavy atom. The van der Waals surface area contributed by atoms with Gasteiger partial charge in [-0.25, -0.2) is 0 Å². The summed E-state index contributed by atoms with van der Waals surface area (Å²) in [5.74, 6) is -1.56. The van der Waals surface area contributed by atoms with E-state index >= 15 is 0 Å². The zero-order chi connectivity index (χ0) is 11.1. The Morgan fingerprint density at radius 3 is 2.07 bits per heavy atom. The first-order valence-electron chi connectivity index (χ1n) is 4.76. The molecule has 0 bridgehead atoms. The van der Waals surface area contributed by atoms with Crippen LogP contribution in [-0.2, 0) is 9.59 Å². The Balaban J connectivity index is 3.08. The molecule has 0 radical (unpaired) electrons. The van der Waals surface area contributed by atoms with E-state index in [-0.39, 0.29) is 11.8 Å². The second-order valence-electron chi connectivity index (χ2n) is 4.85. The van der Waals surface area contributed by atoms with Gasteiger partial charge in [-0.2, -0.15) is 0 Å². The fraction of sp³-hybridized carbons (Fsp3) is 0.800. The summed E-state index contributed by atoms with van der Waals surface area (Å²) in [7, 11) is 0. The lowest BCUT2D eigenvalue weighted by Gasteiger charge is -2.37. The average Bonchev–Trinajstić information content (AvgIpc) is 2.24. The van der Waals surface area contributed by atoms with Crippen LogP contribution in [-0.4, -0.2) is 17.0 Å². The maximum absolute atomic E-state index is 11.2. The van der Waals surface area contributed by atoms with Gasteiger partial charge in [0.05, 0.1) is 5.41 Å². The van der Waals surface area contributed by atoms with Crippen molar-refractivity contribution >= 4 is 11.9 Å². The lowest BCUT2D eigenvalue weighted by Crippen LogP contribution is -2.44. The van der Waals surface area contributed by atoms with Crippen molar-refractivity contribution in [2.75, 3.05) is 0 Å². The molecule has 3 N–H and O–H groups in total. The number of hydrogen-bond acceptors (Lipinski definition) is 2. The van der Waals surface area contributed by atoms with Crippen LogP contribution in [0.5, 0.6) is 0 Å². The molecule has 0 aromatic rings. The molecule has 0 aliphatic heterocycles. The monoisotopic (exact) mass is 199 g/mol. The van der Waals surface area contributed by atoms with E-state index in [2.05, 4.69) is 0 Å². The third-order valence-electron chi connectivity index (χ3n) is 4.04. The van der Waals surface area contributed by atoms with E-state index < -0.39 is 16.8 Å². The molecule has 4 nitrogen and oxygen atoms in total. The molecule has 0 aromatic carbocycles. The van der Waals surface area contributed by atoms with Crippen LogP contribution in [0.25, 0.3) is 0 Å². The molecular weight excluding hydrogens is 182 g/mol. The van der Waals surface area contributed by atoms with E-state index in [1.807, 2.05) is 13.8 Å². The van der Waals surface area contributed by atoms with Crippen molar-refractivity contribution in [2.45, 2.75) is 33.6 Å². The van der Waals surface area contributed by atoms with Crippen LogP contribution in [0, 0.1) is 16.7 Å². The van der Waals surface area contributed by atoms with E-state index in [9.17, 15) is 9.59 Å². The third kappa shape index (κ3) is 1.21. The van der Waals surface area contributed by atoms with Gasteiger partial charge in [0.1, 0.15) is 0 Å². The SMILES string of the molecule is CC1(C)[C@H](C(N)=O)CC[C@@]1(C)C(=O)O. The van der Waals surface area contributed by atoms with E-state index in [0.717, 1.165) is 0 Å². The summed E-state index contributed by atoms with van der Waals surface area (Å²) in [4.78, 5) is 22.3. The second kappa shape index (κ2) is 2.97. The summed E-state index contributed by atoms with van der Waals surface area (Å²) < 4.78 is 0. The molecule has 1 fully saturated rings. The van der Waals surface area contributed by atoms with Gasteiger partial charge in [-0.05, 0) is 25.2 Å². The molecule has 0 heterocycles. The van der Waals surface area contributed by atoms with Crippen molar-refractivity contribution in [3.8, 4) is 0 Å². The van der Waals surface area contributed by atoms with Crippen LogP contribution in [0.1, 0.15) is 33.6 Å². The number of carboxylic acid groups (broad SMARTS) is 1. The van der Waals surface area contributed by atoms with Crippen LogP contribution in [0.2, 0.25) is 0 Å². The molecule has 1 rings (SSSR count). The Hall–Kier alpha value is -1.06. The molecule has 0 unspecified atom stereocenters. The maximum Gasteiger partial charge on any atom is 0.309 e. The van der Waals surface area contributed by atoms with Gasteiger partial charge in [-0.15, -0.1) is 0 Å². The molecule has 0 saturated heterocycles. The van der Waals surface area contributed by atoms with Gasteiger partial charge in [0.25, 0.3) is 0 Å². The molecular formula is C10H17NO3. The number of nitrogens with two attached hydrogens (primary N) is 1. The summed E-state index contributed by atoms with van der Waals surface area (Å²) in [6.07, 6.45) is 1.09. The maximum atomic E-state index is 11.2. The second-order valence-corrected chi connectivity index (χ2v) is 4.85. The summed E-state index contributed by atoms with van der Waals surface area (Å²) in [6.45, 7) is 5.31. The van der Waals surface area contributed by atoms with Crippen molar-refractivity contribution < 1.29 is 14.7 Å². The molecule has 80 valence electrons. The van der Waals surface area contributed by atoms with Crippen LogP contribution in [0.4, 0.5) is 0 Å². The molecule has 4 heteroatoms. The van der Waals surface area contributed by atoms with Crippen molar-refractivity contribution in [3.05, 3.63) is 0 Å². The van der Waals surface area contributed by atoms with E-state index in [1.54, 1.807) is 6.92 Å². The first kappa shape index (κ1) is 11.0. The number of amides is 1. The fourth-order valence-electron chi connectivity index (χ4n) is 2.38. The van der Waals surface area contributed by atoms with Crippen molar-refractivity contribution in [3.63, 3.8) is 0 Å². The molecule has 14 heavy (non-hydrogen) atoms. The minimum atomic E-state index is -0.841. The predicted molar refractivity (Wildman–Crippen MR) is 51.4 cm³/mol. The standard InChI is InChI=1S/C10H17NO3/c1-9(2)6(7(11)12)4-5-10(9,3)8(13)14/h6H,4-5H2,1-3H3,(H2,11,12)(H,13,14)/t6-,10-/m0/s1. The highest BCUT2D eigenvalue weighted by Crippen LogP contribution is 2.55. The van der Waals surface area contributed by atoms with Gasteiger partial charge in [-0.1, -0.05) is 13.8 Å². The van der Waals surface area contributed by atoms with Crippen molar-refractivity contribution in [1.29, 1.82) is 0 Å². The Labute approximate surface area is 83.5 Å². The van der Waals surface area contributed by atoms with Crippen molar-refractivity contribution in [2.24, 2.45) is 22.5 Å². The summed E-state index contributed by atoms with van der Waals surface area (Å²) in [6, 6.07) is 0. The number of aliphatic carboxylic acids is 1. The quantitative estimate of drug-likeness (QED) is 0.696. The molecule has 0 aromatic heterocycles. The number of hydrogen-bond donors (Lipinski definition) is 2. The van der Waals surface area contributed by atoms with Gasteiger partial charge in [0.15, 0.2) is 0 Å². The third-order valence-corrected chi connectivity index (χ3v) is 4.04. The minimum Gasteiger partial charge on any atom is -0.481 e. The molecule has 1 aliphatic carbocycles. The molecule has 0 spiro atoms. The van der Waals surface area contributed by atoms with Gasteiger partial charge in [-0.3, -0.25) is 9.59 Å². The van der Waals surface area contributed by atoms with E-state index in [4.69, 9.17) is 10.8 Å². The number of carbonyl (C=O) groups excluding carboxylic acids is 1. The first-order chi connectivity index (χ1) is 6.23. The summed E-state index contributed by atoms with van der Waals surface area (Å²) in [5.41, 5.74) is 3.86. The van der Waals surface area contributed by atoms with Crippen LogP contribution < -0.4 is 5.73 Å². The minimum absolute atomic E-state index is 0.330. The highest BCUT2D eigenvalue weighted by molar-refractivity contribution is 5.82. The zero-order valence-electron chi connectivity index (χ0n) is 8.83. The van der Waals surface area contributed by atoms with Gasteiger partial charge >= 0.3 is 5.97 Å². The van der Waals surface area contributed by atoms with Gasteiger partial charge in [0.2, 0.25) is 5.91 Å². The molecule has 1 amide bonds. The van der Waals surface area contributed by atoms with Crippen LogP contribution in [0.15, 0.2) is 0 Å². The lowest BCUT2D eigenvalue weighted by atomic mass is 9.65. The van der Waals surface area contributed by atoms with Gasteiger partial charge in [0, 0.05) is 5.92 Å². The highest BCUT2D eigenvalue weighted by atomic mass is 16.4. The number of carbonyl (C=O) groups is 2. The van der Waals surface area contributed by atoms with Crippen LogP contribution in [0.3, 0.4) is 0 Å². The number of rotatable bonds is 2. The lowest BCUT2D eigenvalue weighted by molar-refractivity contribution is -0.155. The topological polar surface area (TPSA) is 80.4 Å². The number of carboxylic acids is 1. The Morgan fingerprint density at radius 1 is 1.36 bits per heavy atom. The van der Waals surface area contributed by atoms with Gasteiger partial charge < -0.3 is 10.8 Å². The Kier molecular flexibility index (Phi) is 2.34. The predicted octanol–water partition coefficient (Wildman–Crippen LogP) is 0.999. The normalized spacial score (nSPS) is 35.5.